The molecule has 116 valence electrons. The Kier molecular flexibility index (Phi) is 31.4. The minimum absolute atomic E-state index is 0. The van der Waals surface area contributed by atoms with Crippen molar-refractivity contribution in [2.75, 3.05) is 0 Å². The summed E-state index contributed by atoms with van der Waals surface area (Å²) in [5.41, 5.74) is 1.14. The molecule has 1 aromatic rings. The quantitative estimate of drug-likeness (QED) is 0.206. The van der Waals surface area contributed by atoms with Crippen LogP contribution in [0.1, 0.15) is 5.56 Å². The number of benzene rings is 1. The van der Waals surface area contributed by atoms with E-state index in [1.165, 1.54) is 6.08 Å². The first-order valence-corrected chi connectivity index (χ1v) is 6.32. The van der Waals surface area contributed by atoms with Gasteiger partial charge in [-0.15, -0.1) is 0 Å². The molecule has 0 aliphatic carbocycles. The second-order valence-corrected chi connectivity index (χ2v) is 4.30. The van der Waals surface area contributed by atoms with E-state index in [0.29, 0.717) is 6.29 Å². The molecule has 7 heteroatoms. The summed E-state index contributed by atoms with van der Waals surface area (Å²) in [4.78, 5) is 10.7. The molecule has 0 spiro atoms. The molecular weight excluding hydrogens is 348 g/mol. The summed E-state index contributed by atoms with van der Waals surface area (Å²) in [6.07, 6.45) is 5.19. The number of carbonyl (C=O) groups is 1. The van der Waals surface area contributed by atoms with Crippen molar-refractivity contribution in [2.24, 2.45) is 0 Å². The summed E-state index contributed by atoms with van der Waals surface area (Å²) in [5, 5.41) is 1.55. The molecule has 1 atom stereocenters. The largest absolute Gasteiger partial charge is 0 e. The van der Waals surface area contributed by atoms with E-state index in [1.54, 1.807) is 17.6 Å². The number of aryl methyl sites for hydroxylation is 1. The van der Waals surface area contributed by atoms with Gasteiger partial charge >= 0.3 is 33.9 Å². The summed E-state index contributed by atoms with van der Waals surface area (Å²) in [6.45, 7) is 15.5. The van der Waals surface area contributed by atoms with Crippen molar-refractivity contribution < 1.29 is 40.0 Å². The first kappa shape index (κ1) is 28.4. The molecule has 1 aromatic carbocycles. The Balaban J connectivity index is -0.000000206. The Bertz CT molecular complexity index is 513. The van der Waals surface area contributed by atoms with E-state index in [1.807, 2.05) is 31.2 Å². The van der Waals surface area contributed by atoms with Gasteiger partial charge < -0.3 is 0 Å². The maximum Gasteiger partial charge on any atom is 0 e. The molecule has 1 rings (SSSR count). The molecular formula is C15H12FeO5S. The van der Waals surface area contributed by atoms with Crippen molar-refractivity contribution in [3.05, 3.63) is 73.4 Å². The SMILES string of the molecule is Cc1ccc([S@](=O)/C=C\C=C\C=O)cc1.[C-]#[O+].[C-]#[O+].[C-]#[O+].[Fe]. The van der Waals surface area contributed by atoms with E-state index < -0.39 is 10.8 Å². The van der Waals surface area contributed by atoms with Crippen LogP contribution in [-0.2, 0) is 46.6 Å². The van der Waals surface area contributed by atoms with Crippen LogP contribution in [0.25, 0.3) is 0 Å². The fourth-order valence-corrected chi connectivity index (χ4v) is 1.77. The van der Waals surface area contributed by atoms with Gasteiger partial charge in [-0.2, -0.15) is 0 Å². The summed E-state index contributed by atoms with van der Waals surface area (Å²) in [7, 11) is -1.14. The zero-order valence-corrected chi connectivity index (χ0v) is 13.4. The number of allylic oxidation sites excluding steroid dienone is 3. The second-order valence-electron chi connectivity index (χ2n) is 2.96. The Morgan fingerprint density at radius 1 is 0.909 bits per heavy atom. The van der Waals surface area contributed by atoms with Gasteiger partial charge in [0.05, 0.1) is 10.8 Å². The van der Waals surface area contributed by atoms with Crippen LogP contribution < -0.4 is 0 Å². The van der Waals surface area contributed by atoms with Crippen LogP contribution in [0, 0.1) is 26.9 Å². The first-order chi connectivity index (χ1) is 10.2. The van der Waals surface area contributed by atoms with Crippen molar-refractivity contribution in [1.29, 1.82) is 0 Å². The van der Waals surface area contributed by atoms with Crippen LogP contribution in [0.3, 0.4) is 0 Å². The third-order valence-electron chi connectivity index (χ3n) is 1.76. The predicted octanol–water partition coefficient (Wildman–Crippen LogP) is 2.26. The maximum absolute atomic E-state index is 11.6. The predicted molar refractivity (Wildman–Crippen MR) is 73.7 cm³/mol. The Morgan fingerprint density at radius 3 is 1.77 bits per heavy atom. The Morgan fingerprint density at radius 2 is 1.36 bits per heavy atom. The molecule has 0 aliphatic heterocycles. The Labute approximate surface area is 142 Å². The molecule has 0 heterocycles. The van der Waals surface area contributed by atoms with Crippen molar-refractivity contribution in [3.8, 4) is 0 Å². The fourth-order valence-electron chi connectivity index (χ4n) is 0.977. The fraction of sp³-hybridized carbons (Fsp3) is 0.0667. The molecule has 5 nitrogen and oxygen atoms in total. The smallest absolute Gasteiger partial charge is 0 e. The normalized spacial score (nSPS) is 9.41. The van der Waals surface area contributed by atoms with Crippen LogP contribution in [-0.4, -0.2) is 10.5 Å². The van der Waals surface area contributed by atoms with Crippen molar-refractivity contribution in [3.63, 3.8) is 0 Å². The molecule has 0 saturated heterocycles. The van der Waals surface area contributed by atoms with Crippen LogP contribution in [0.5, 0.6) is 0 Å². The summed E-state index contributed by atoms with van der Waals surface area (Å²) < 4.78 is 34.1. The molecule has 0 amide bonds. The molecule has 0 unspecified atom stereocenters. The van der Waals surface area contributed by atoms with Gasteiger partial charge in [0, 0.05) is 27.4 Å². The summed E-state index contributed by atoms with van der Waals surface area (Å²) >= 11 is 0. The minimum Gasteiger partial charge on any atom is 0 e. The number of rotatable bonds is 4. The van der Waals surface area contributed by atoms with E-state index in [-0.39, 0.29) is 17.1 Å². The van der Waals surface area contributed by atoms with Gasteiger partial charge in [-0.25, -0.2) is 4.21 Å². The molecule has 0 bridgehead atoms. The zero-order chi connectivity index (χ0) is 17.1. The average Bonchev–Trinajstić information content (AvgIpc) is 2.57. The third kappa shape index (κ3) is 16.3. The number of hydrogen-bond acceptors (Lipinski definition) is 2. The van der Waals surface area contributed by atoms with Gasteiger partial charge in [0.2, 0.25) is 0 Å². The molecule has 0 aromatic heterocycles. The van der Waals surface area contributed by atoms with Gasteiger partial charge in [-0.05, 0) is 25.1 Å². The van der Waals surface area contributed by atoms with Gasteiger partial charge in [-0.1, -0.05) is 29.8 Å². The van der Waals surface area contributed by atoms with E-state index in [4.69, 9.17) is 14.0 Å². The molecule has 0 N–H and O–H groups in total. The first-order valence-electron chi connectivity index (χ1n) is 5.11. The minimum atomic E-state index is -1.14. The topological polar surface area (TPSA) is 93.8 Å². The number of aldehydes is 1. The molecule has 0 fully saturated rings. The van der Waals surface area contributed by atoms with Crippen LogP contribution in [0.2, 0.25) is 0 Å². The average molecular weight is 360 g/mol. The number of carbonyl (C=O) groups excluding carboxylic acids is 1. The summed E-state index contributed by atoms with van der Waals surface area (Å²) in [5.74, 6) is 0. The molecule has 0 aliphatic rings. The van der Waals surface area contributed by atoms with Gasteiger partial charge in [0.1, 0.15) is 6.29 Å². The van der Waals surface area contributed by atoms with Crippen molar-refractivity contribution in [1.82, 2.24) is 0 Å². The van der Waals surface area contributed by atoms with Crippen molar-refractivity contribution >= 4 is 17.1 Å². The van der Waals surface area contributed by atoms with E-state index in [9.17, 15) is 9.00 Å². The van der Waals surface area contributed by atoms with Crippen LogP contribution in [0.15, 0.2) is 52.8 Å². The maximum atomic E-state index is 11.6. The second kappa shape index (κ2) is 24.3. The number of hydrogen-bond donors (Lipinski definition) is 0. The Hall–Kier alpha value is -1.74. The monoisotopic (exact) mass is 360 g/mol. The van der Waals surface area contributed by atoms with Crippen LogP contribution in [0.4, 0.5) is 0 Å². The van der Waals surface area contributed by atoms with Gasteiger partial charge in [0.15, 0.2) is 0 Å². The van der Waals surface area contributed by atoms with E-state index in [2.05, 4.69) is 20.0 Å². The molecule has 0 saturated carbocycles. The molecule has 0 radical (unpaired) electrons. The van der Waals surface area contributed by atoms with Gasteiger partial charge in [-0.3, -0.25) is 4.79 Å². The summed E-state index contributed by atoms with van der Waals surface area (Å²) in [6, 6.07) is 7.50. The van der Waals surface area contributed by atoms with Crippen LogP contribution >= 0.6 is 0 Å². The van der Waals surface area contributed by atoms with Gasteiger partial charge in [0.25, 0.3) is 0 Å². The van der Waals surface area contributed by atoms with E-state index in [0.717, 1.165) is 10.5 Å². The standard InChI is InChI=1S/C12H12O2S.3CO.Fe/c1-11-5-7-12(8-6-11)15(14)10-4-2-3-9-13;3*1-2;/h2-10H,1H3;;;;/b3-2+,10-4-;;;;/t15-;;;;/m1..../s1. The third-order valence-corrected chi connectivity index (χ3v) is 2.90. The zero-order valence-electron chi connectivity index (χ0n) is 11.5. The van der Waals surface area contributed by atoms with E-state index >= 15 is 0 Å². The molecule has 22 heavy (non-hydrogen) atoms. The van der Waals surface area contributed by atoms with Crippen molar-refractivity contribution in [2.45, 2.75) is 11.8 Å².